The lowest BCUT2D eigenvalue weighted by atomic mass is 9.51. The van der Waals surface area contributed by atoms with Gasteiger partial charge in [-0.2, -0.15) is 0 Å². The number of hydrogen-bond acceptors (Lipinski definition) is 9. The zero-order valence-corrected chi connectivity index (χ0v) is 27.1. The van der Waals surface area contributed by atoms with Crippen molar-refractivity contribution in [1.29, 1.82) is 0 Å². The minimum Gasteiger partial charge on any atom is -0.507 e. The first-order valence-electron chi connectivity index (χ1n) is 15.4. The number of imide groups is 2. The predicted molar refractivity (Wildman–Crippen MR) is 173 cm³/mol. The average molecular weight is 690 g/mol. The van der Waals surface area contributed by atoms with Gasteiger partial charge in [-0.1, -0.05) is 29.3 Å². The van der Waals surface area contributed by atoms with Gasteiger partial charge in [0.2, 0.25) is 23.6 Å². The number of hydrogen-bond donors (Lipinski definition) is 1. The van der Waals surface area contributed by atoms with Crippen LogP contribution in [0, 0.1) is 45.0 Å². The third kappa shape index (κ3) is 4.55. The molecule has 0 spiro atoms. The van der Waals surface area contributed by atoms with Gasteiger partial charge in [-0.05, 0) is 49.9 Å². The summed E-state index contributed by atoms with van der Waals surface area (Å²) in [5.41, 5.74) is -0.964. The number of nitro groups is 1. The molecular formula is C35H29ClFN3O9. The van der Waals surface area contributed by atoms with Crippen LogP contribution in [0.3, 0.4) is 0 Å². The topological polar surface area (TPSA) is 157 Å². The maximum Gasteiger partial charge on any atom is 0.271 e. The first-order valence-corrected chi connectivity index (χ1v) is 15.8. The minimum atomic E-state index is -1.54. The number of amides is 4. The monoisotopic (exact) mass is 689 g/mol. The van der Waals surface area contributed by atoms with Gasteiger partial charge in [0.25, 0.3) is 5.69 Å². The number of phenolic OH excluding ortho intramolecular Hbond substituents is 1. The molecule has 12 nitrogen and oxygen atoms in total. The number of nitro benzene ring substituents is 1. The van der Waals surface area contributed by atoms with E-state index in [0.29, 0.717) is 5.57 Å². The highest BCUT2D eigenvalue weighted by atomic mass is 35.5. The highest BCUT2D eigenvalue weighted by Gasteiger charge is 2.68. The number of ether oxygens (including phenoxy) is 2. The summed E-state index contributed by atoms with van der Waals surface area (Å²) in [5.74, 6) is -7.57. The van der Waals surface area contributed by atoms with E-state index in [9.17, 15) is 38.8 Å². The fourth-order valence-electron chi connectivity index (χ4n) is 8.36. The van der Waals surface area contributed by atoms with Gasteiger partial charge in [-0.15, -0.1) is 0 Å². The van der Waals surface area contributed by atoms with Crippen molar-refractivity contribution in [2.75, 3.05) is 24.0 Å². The largest absolute Gasteiger partial charge is 0.507 e. The van der Waals surface area contributed by atoms with E-state index in [1.165, 1.54) is 56.7 Å². The van der Waals surface area contributed by atoms with Crippen LogP contribution in [-0.2, 0) is 19.2 Å². The highest BCUT2D eigenvalue weighted by molar-refractivity contribution is 6.32. The lowest BCUT2D eigenvalue weighted by Gasteiger charge is -2.49. The molecule has 14 heteroatoms. The van der Waals surface area contributed by atoms with Gasteiger partial charge in [0, 0.05) is 35.7 Å². The van der Waals surface area contributed by atoms with Crippen molar-refractivity contribution in [3.05, 3.63) is 92.8 Å². The number of fused-ring (bicyclic) bond motifs is 4. The fourth-order valence-corrected chi connectivity index (χ4v) is 8.53. The van der Waals surface area contributed by atoms with E-state index in [0.717, 1.165) is 21.9 Å². The molecule has 3 aromatic carbocycles. The van der Waals surface area contributed by atoms with E-state index in [1.807, 2.05) is 0 Å². The number of anilines is 2. The molecule has 2 saturated heterocycles. The number of methoxy groups -OCH3 is 2. The molecule has 252 valence electrons. The van der Waals surface area contributed by atoms with Crippen molar-refractivity contribution in [2.45, 2.75) is 25.7 Å². The normalized spacial score (nSPS) is 27.4. The number of carbonyl (C=O) groups excluding carboxylic acids is 4. The summed E-state index contributed by atoms with van der Waals surface area (Å²) in [4.78, 5) is 69.9. The number of halogens is 2. The standard InChI is InChI=1S/C35H29ClFN3O9/c1-35-23(32(43)39(34(35)45)17-7-10-25(37)24(36)12-17)15-22-20(30(35)29-26(41)13-19(48-2)14-27(29)49-3)8-9-21-28(22)33(44)38(31(21)42)16-5-4-6-18(11-16)40(46)47/h4-8,10-14,21-23,28,30,41H,9,15H2,1-3H3/t21-,22+,23-,28-,30+,35+/m0/s1. The molecule has 2 heterocycles. The molecule has 4 aliphatic rings. The van der Waals surface area contributed by atoms with Crippen LogP contribution >= 0.6 is 11.6 Å². The van der Waals surface area contributed by atoms with Gasteiger partial charge in [0.05, 0.1) is 58.7 Å². The van der Waals surface area contributed by atoms with Crippen LogP contribution in [0.15, 0.2) is 66.2 Å². The molecule has 3 aromatic rings. The molecule has 7 rings (SSSR count). The summed E-state index contributed by atoms with van der Waals surface area (Å²) in [5, 5.41) is 22.7. The number of rotatable bonds is 6. The SMILES string of the molecule is COc1cc(O)c([C@H]2C3=CC[C@@H]4C(=O)N(c5cccc([N+](=O)[O-])c5)C(=O)[C@@H]4[C@@H]3C[C@H]3C(=O)N(c4ccc(F)c(Cl)c4)C(=O)[C@@]23C)c(OC)c1. The summed E-state index contributed by atoms with van der Waals surface area (Å²) >= 11 is 6.06. The lowest BCUT2D eigenvalue weighted by molar-refractivity contribution is -0.384. The predicted octanol–water partition coefficient (Wildman–Crippen LogP) is 5.55. The smallest absolute Gasteiger partial charge is 0.271 e. The second-order valence-electron chi connectivity index (χ2n) is 12.8. The van der Waals surface area contributed by atoms with E-state index in [-0.39, 0.29) is 57.7 Å². The number of allylic oxidation sites excluding steroid dienone is 2. The van der Waals surface area contributed by atoms with E-state index >= 15 is 0 Å². The summed E-state index contributed by atoms with van der Waals surface area (Å²) in [6.07, 6.45) is 1.89. The Bertz CT molecular complexity index is 2030. The summed E-state index contributed by atoms with van der Waals surface area (Å²) in [6, 6.07) is 11.7. The second kappa shape index (κ2) is 11.4. The molecule has 6 atom stereocenters. The van der Waals surface area contributed by atoms with Crippen LogP contribution in [-0.4, -0.2) is 47.9 Å². The second-order valence-corrected chi connectivity index (χ2v) is 13.2. The Morgan fingerprint density at radius 2 is 1.69 bits per heavy atom. The van der Waals surface area contributed by atoms with Crippen molar-refractivity contribution in [2.24, 2.45) is 29.1 Å². The third-order valence-corrected chi connectivity index (χ3v) is 10.9. The van der Waals surface area contributed by atoms with E-state index < -0.39 is 69.4 Å². The fraction of sp³-hybridized carbons (Fsp3) is 0.314. The first kappa shape index (κ1) is 32.3. The van der Waals surface area contributed by atoms with Crippen LogP contribution in [0.5, 0.6) is 17.2 Å². The molecule has 0 aromatic heterocycles. The molecule has 2 aliphatic carbocycles. The Morgan fingerprint density at radius 3 is 2.37 bits per heavy atom. The van der Waals surface area contributed by atoms with Crippen molar-refractivity contribution in [3.63, 3.8) is 0 Å². The molecule has 1 N–H and O–H groups in total. The molecule has 0 bridgehead atoms. The summed E-state index contributed by atoms with van der Waals surface area (Å²) < 4.78 is 25.2. The molecular weight excluding hydrogens is 661 g/mol. The van der Waals surface area contributed by atoms with E-state index in [2.05, 4.69) is 0 Å². The van der Waals surface area contributed by atoms with Gasteiger partial charge >= 0.3 is 0 Å². The maximum absolute atomic E-state index is 14.6. The quantitative estimate of drug-likeness (QED) is 0.152. The lowest BCUT2D eigenvalue weighted by Crippen LogP contribution is -2.49. The average Bonchev–Trinajstić information content (AvgIpc) is 3.45. The Hall–Kier alpha value is -5.30. The van der Waals surface area contributed by atoms with Gasteiger partial charge in [0.1, 0.15) is 23.1 Å². The van der Waals surface area contributed by atoms with Crippen molar-refractivity contribution in [3.8, 4) is 17.2 Å². The maximum atomic E-state index is 14.6. The number of nitrogens with zero attached hydrogens (tertiary/aromatic N) is 3. The molecule has 49 heavy (non-hydrogen) atoms. The number of carbonyl (C=O) groups is 4. The van der Waals surface area contributed by atoms with Gasteiger partial charge in [-0.25, -0.2) is 14.2 Å². The minimum absolute atomic E-state index is 0.00295. The number of non-ortho nitro benzene ring substituents is 1. The zero-order valence-electron chi connectivity index (χ0n) is 26.4. The third-order valence-electron chi connectivity index (χ3n) is 10.6. The Balaban J connectivity index is 1.40. The van der Waals surface area contributed by atoms with Crippen LogP contribution in [0.4, 0.5) is 21.5 Å². The van der Waals surface area contributed by atoms with Crippen molar-refractivity contribution in [1.82, 2.24) is 0 Å². The van der Waals surface area contributed by atoms with Crippen LogP contribution in [0.25, 0.3) is 0 Å². The number of phenols is 1. The van der Waals surface area contributed by atoms with Crippen LogP contribution < -0.4 is 19.3 Å². The van der Waals surface area contributed by atoms with Crippen molar-refractivity contribution < 1.29 is 43.1 Å². The first-order chi connectivity index (χ1) is 23.3. The Labute approximate surface area is 283 Å². The molecule has 4 amide bonds. The molecule has 1 saturated carbocycles. The van der Waals surface area contributed by atoms with E-state index in [1.54, 1.807) is 13.0 Å². The highest BCUT2D eigenvalue weighted by Crippen LogP contribution is 2.65. The van der Waals surface area contributed by atoms with Crippen LogP contribution in [0.1, 0.15) is 31.2 Å². The molecule has 2 aliphatic heterocycles. The van der Waals surface area contributed by atoms with Crippen molar-refractivity contribution >= 4 is 52.3 Å². The zero-order chi connectivity index (χ0) is 35.1. The number of aromatic hydroxyl groups is 1. The number of benzene rings is 3. The van der Waals surface area contributed by atoms with Gasteiger partial charge < -0.3 is 14.6 Å². The van der Waals surface area contributed by atoms with Crippen LogP contribution in [0.2, 0.25) is 5.02 Å². The molecule has 0 unspecified atom stereocenters. The summed E-state index contributed by atoms with van der Waals surface area (Å²) in [7, 11) is 2.79. The molecule has 3 fully saturated rings. The molecule has 0 radical (unpaired) electrons. The van der Waals surface area contributed by atoms with E-state index in [4.69, 9.17) is 21.1 Å². The van der Waals surface area contributed by atoms with Gasteiger partial charge in [0.15, 0.2) is 0 Å². The Kier molecular flexibility index (Phi) is 7.51. The summed E-state index contributed by atoms with van der Waals surface area (Å²) in [6.45, 7) is 1.62. The Morgan fingerprint density at radius 1 is 0.959 bits per heavy atom. The van der Waals surface area contributed by atoms with Gasteiger partial charge in [-0.3, -0.25) is 29.3 Å².